The van der Waals surface area contributed by atoms with E-state index in [4.69, 9.17) is 17.4 Å². The SMILES string of the molecule is CN(C)CCn1ncc(Cl)c1C(CC1CCCCC1)NN. The number of nitrogens with one attached hydrogen (secondary N) is 1. The summed E-state index contributed by atoms with van der Waals surface area (Å²) in [5, 5.41) is 5.13. The number of hydrogen-bond acceptors (Lipinski definition) is 4. The van der Waals surface area contributed by atoms with E-state index in [-0.39, 0.29) is 6.04 Å². The molecule has 1 fully saturated rings. The summed E-state index contributed by atoms with van der Waals surface area (Å²) in [4.78, 5) is 2.14. The van der Waals surface area contributed by atoms with E-state index in [1.165, 1.54) is 32.1 Å². The highest BCUT2D eigenvalue weighted by atomic mass is 35.5. The molecule has 0 radical (unpaired) electrons. The molecular weight excluding hydrogens is 286 g/mol. The Hall–Kier alpha value is -0.620. The Morgan fingerprint density at radius 2 is 2.14 bits per heavy atom. The van der Waals surface area contributed by atoms with E-state index in [9.17, 15) is 0 Å². The Bertz CT molecular complexity index is 426. The molecule has 1 aromatic rings. The zero-order chi connectivity index (χ0) is 15.2. The maximum atomic E-state index is 6.36. The van der Waals surface area contributed by atoms with Crippen molar-refractivity contribution in [1.82, 2.24) is 20.1 Å². The van der Waals surface area contributed by atoms with Gasteiger partial charge >= 0.3 is 0 Å². The summed E-state index contributed by atoms with van der Waals surface area (Å²) >= 11 is 6.36. The molecule has 21 heavy (non-hydrogen) atoms. The average molecular weight is 314 g/mol. The molecule has 1 aromatic heterocycles. The van der Waals surface area contributed by atoms with Gasteiger partial charge in [0.1, 0.15) is 0 Å². The van der Waals surface area contributed by atoms with Gasteiger partial charge in [-0.05, 0) is 26.4 Å². The molecule has 0 spiro atoms. The Labute approximate surface area is 132 Å². The first-order chi connectivity index (χ1) is 10.1. The molecular formula is C15H28ClN5. The molecule has 0 bridgehead atoms. The number of nitrogens with two attached hydrogens (primary N) is 1. The summed E-state index contributed by atoms with van der Waals surface area (Å²) in [6.07, 6.45) is 9.45. The van der Waals surface area contributed by atoms with Gasteiger partial charge in [-0.1, -0.05) is 43.7 Å². The molecule has 1 atom stereocenters. The van der Waals surface area contributed by atoms with Crippen molar-refractivity contribution >= 4 is 11.6 Å². The lowest BCUT2D eigenvalue weighted by atomic mass is 9.84. The van der Waals surface area contributed by atoms with Crippen molar-refractivity contribution in [2.45, 2.75) is 51.1 Å². The largest absolute Gasteiger partial charge is 0.308 e. The Kier molecular flexibility index (Phi) is 6.48. The summed E-state index contributed by atoms with van der Waals surface area (Å²) in [5.41, 5.74) is 4.00. The van der Waals surface area contributed by atoms with Crippen LogP contribution in [0, 0.1) is 5.92 Å². The lowest BCUT2D eigenvalue weighted by Crippen LogP contribution is -2.33. The fourth-order valence-electron chi connectivity index (χ4n) is 3.21. The monoisotopic (exact) mass is 313 g/mol. The lowest BCUT2D eigenvalue weighted by Gasteiger charge is -2.27. The summed E-state index contributed by atoms with van der Waals surface area (Å²) < 4.78 is 2.00. The molecule has 0 saturated heterocycles. The first-order valence-corrected chi connectivity index (χ1v) is 8.31. The van der Waals surface area contributed by atoms with E-state index in [1.54, 1.807) is 6.20 Å². The maximum absolute atomic E-state index is 6.36. The predicted octanol–water partition coefficient (Wildman–Crippen LogP) is 2.57. The fraction of sp³-hybridized carbons (Fsp3) is 0.800. The van der Waals surface area contributed by atoms with E-state index < -0.39 is 0 Å². The van der Waals surface area contributed by atoms with Crippen LogP contribution < -0.4 is 11.3 Å². The van der Waals surface area contributed by atoms with Crippen molar-refractivity contribution in [3.8, 4) is 0 Å². The highest BCUT2D eigenvalue weighted by molar-refractivity contribution is 6.31. The summed E-state index contributed by atoms with van der Waals surface area (Å²) in [6, 6.07) is 0.0882. The van der Waals surface area contributed by atoms with Crippen LogP contribution in [0.15, 0.2) is 6.20 Å². The van der Waals surface area contributed by atoms with Crippen LogP contribution in [-0.2, 0) is 6.54 Å². The third-order valence-electron chi connectivity index (χ3n) is 4.42. The maximum Gasteiger partial charge on any atom is 0.0834 e. The number of aromatic nitrogens is 2. The van der Waals surface area contributed by atoms with Crippen LogP contribution in [0.4, 0.5) is 0 Å². The van der Waals surface area contributed by atoms with Crippen LogP contribution >= 0.6 is 11.6 Å². The standard InChI is InChI=1S/C15H28ClN5/c1-20(2)8-9-21-15(13(16)11-18-21)14(19-17)10-12-6-4-3-5-7-12/h11-12,14,19H,3-10,17H2,1-2H3. The van der Waals surface area contributed by atoms with Crippen molar-refractivity contribution in [2.75, 3.05) is 20.6 Å². The van der Waals surface area contributed by atoms with Gasteiger partial charge < -0.3 is 4.90 Å². The molecule has 0 amide bonds. The molecule has 2 rings (SSSR count). The van der Waals surface area contributed by atoms with E-state index in [0.29, 0.717) is 5.02 Å². The summed E-state index contributed by atoms with van der Waals surface area (Å²) in [7, 11) is 4.12. The third kappa shape index (κ3) is 4.68. The average Bonchev–Trinajstić information content (AvgIpc) is 2.85. The number of rotatable bonds is 7. The highest BCUT2D eigenvalue weighted by Crippen LogP contribution is 2.33. The van der Waals surface area contributed by atoms with Crippen LogP contribution in [0.25, 0.3) is 0 Å². The number of hydrogen-bond donors (Lipinski definition) is 2. The van der Waals surface area contributed by atoms with Crippen molar-refractivity contribution in [3.63, 3.8) is 0 Å². The van der Waals surface area contributed by atoms with Gasteiger partial charge in [-0.25, -0.2) is 0 Å². The molecule has 1 aliphatic rings. The van der Waals surface area contributed by atoms with Crippen molar-refractivity contribution in [1.29, 1.82) is 0 Å². The van der Waals surface area contributed by atoms with E-state index >= 15 is 0 Å². The number of halogens is 1. The predicted molar refractivity (Wildman–Crippen MR) is 87.0 cm³/mol. The Balaban J connectivity index is 2.07. The Morgan fingerprint density at radius 1 is 1.43 bits per heavy atom. The number of hydrazine groups is 1. The molecule has 0 aromatic carbocycles. The van der Waals surface area contributed by atoms with Gasteiger partial charge in [0.15, 0.2) is 0 Å². The van der Waals surface area contributed by atoms with Gasteiger partial charge in [0, 0.05) is 6.54 Å². The van der Waals surface area contributed by atoms with Crippen LogP contribution in [0.5, 0.6) is 0 Å². The minimum atomic E-state index is 0.0882. The zero-order valence-electron chi connectivity index (χ0n) is 13.2. The second-order valence-electron chi connectivity index (χ2n) is 6.36. The second-order valence-corrected chi connectivity index (χ2v) is 6.77. The van der Waals surface area contributed by atoms with E-state index in [1.807, 2.05) is 4.68 Å². The quantitative estimate of drug-likeness (QED) is 0.600. The smallest absolute Gasteiger partial charge is 0.0834 e. The molecule has 0 aliphatic heterocycles. The van der Waals surface area contributed by atoms with Crippen LogP contribution in [0.1, 0.15) is 50.3 Å². The minimum Gasteiger partial charge on any atom is -0.308 e. The minimum absolute atomic E-state index is 0.0882. The topological polar surface area (TPSA) is 59.1 Å². The Morgan fingerprint density at radius 3 is 2.76 bits per heavy atom. The normalized spacial score (nSPS) is 18.3. The molecule has 120 valence electrons. The molecule has 1 aliphatic carbocycles. The van der Waals surface area contributed by atoms with Crippen LogP contribution in [0.2, 0.25) is 5.02 Å². The van der Waals surface area contributed by atoms with Crippen LogP contribution in [-0.4, -0.2) is 35.3 Å². The van der Waals surface area contributed by atoms with Gasteiger partial charge in [0.2, 0.25) is 0 Å². The highest BCUT2D eigenvalue weighted by Gasteiger charge is 2.24. The molecule has 3 N–H and O–H groups in total. The molecule has 5 nitrogen and oxygen atoms in total. The van der Waals surface area contributed by atoms with Gasteiger partial charge in [-0.15, -0.1) is 0 Å². The summed E-state index contributed by atoms with van der Waals surface area (Å²) in [5.74, 6) is 6.56. The third-order valence-corrected chi connectivity index (χ3v) is 4.71. The molecule has 1 heterocycles. The van der Waals surface area contributed by atoms with E-state index in [2.05, 4.69) is 29.5 Å². The number of nitrogens with zero attached hydrogens (tertiary/aromatic N) is 3. The number of likely N-dealkylation sites (N-methyl/N-ethyl adjacent to an activating group) is 1. The summed E-state index contributed by atoms with van der Waals surface area (Å²) in [6.45, 7) is 1.77. The van der Waals surface area contributed by atoms with Gasteiger partial charge in [-0.2, -0.15) is 5.10 Å². The molecule has 6 heteroatoms. The van der Waals surface area contributed by atoms with E-state index in [0.717, 1.165) is 31.1 Å². The van der Waals surface area contributed by atoms with Crippen molar-refractivity contribution in [2.24, 2.45) is 11.8 Å². The van der Waals surface area contributed by atoms with Gasteiger partial charge in [-0.3, -0.25) is 16.0 Å². The first-order valence-electron chi connectivity index (χ1n) is 7.94. The zero-order valence-corrected chi connectivity index (χ0v) is 13.9. The van der Waals surface area contributed by atoms with Crippen LogP contribution in [0.3, 0.4) is 0 Å². The van der Waals surface area contributed by atoms with Crippen molar-refractivity contribution in [3.05, 3.63) is 16.9 Å². The van der Waals surface area contributed by atoms with Gasteiger partial charge in [0.05, 0.1) is 29.5 Å². The second kappa shape index (κ2) is 8.13. The van der Waals surface area contributed by atoms with Crippen molar-refractivity contribution < 1.29 is 0 Å². The molecule has 1 unspecified atom stereocenters. The first kappa shape index (κ1) is 16.7. The molecule has 1 saturated carbocycles. The van der Waals surface area contributed by atoms with Gasteiger partial charge in [0.25, 0.3) is 0 Å². The lowest BCUT2D eigenvalue weighted by molar-refractivity contribution is 0.290. The fourth-order valence-corrected chi connectivity index (χ4v) is 3.48.